The molecule has 0 amide bonds. The smallest absolute Gasteiger partial charge is 0.140 e. The number of hydrogen-bond acceptors (Lipinski definition) is 5. The molecule has 0 aliphatic heterocycles. The monoisotopic (exact) mass is 216 g/mol. The Kier molecular flexibility index (Phi) is 8.76. The standard InChI is InChI=1S/C10H20N2O3/c1-9(2)11-14-7-5-13-6-8-15-12-10(3)4/h5-8H2,1-4H3. The van der Waals surface area contributed by atoms with Crippen molar-refractivity contribution in [3.05, 3.63) is 0 Å². The van der Waals surface area contributed by atoms with Crippen molar-refractivity contribution < 1.29 is 14.4 Å². The van der Waals surface area contributed by atoms with Gasteiger partial charge in [0, 0.05) is 0 Å². The van der Waals surface area contributed by atoms with Gasteiger partial charge in [-0.05, 0) is 27.7 Å². The maximum atomic E-state index is 5.21. The van der Waals surface area contributed by atoms with Crippen LogP contribution in [0.4, 0.5) is 0 Å². The van der Waals surface area contributed by atoms with Gasteiger partial charge in [-0.25, -0.2) is 0 Å². The summed E-state index contributed by atoms with van der Waals surface area (Å²) in [4.78, 5) is 9.87. The Morgan fingerprint density at radius 2 is 1.13 bits per heavy atom. The van der Waals surface area contributed by atoms with Gasteiger partial charge in [0.15, 0.2) is 0 Å². The van der Waals surface area contributed by atoms with Crippen molar-refractivity contribution >= 4 is 11.4 Å². The molecule has 0 fully saturated rings. The van der Waals surface area contributed by atoms with Crippen molar-refractivity contribution in [3.8, 4) is 0 Å². The highest BCUT2D eigenvalue weighted by atomic mass is 16.7. The fourth-order valence-electron chi connectivity index (χ4n) is 0.644. The molecule has 0 rings (SSSR count). The first-order valence-corrected chi connectivity index (χ1v) is 4.97. The fourth-order valence-corrected chi connectivity index (χ4v) is 0.644. The molecule has 0 aliphatic carbocycles. The van der Waals surface area contributed by atoms with Crippen molar-refractivity contribution in [1.29, 1.82) is 0 Å². The van der Waals surface area contributed by atoms with Crippen LogP contribution in [0.25, 0.3) is 0 Å². The van der Waals surface area contributed by atoms with Gasteiger partial charge in [0.1, 0.15) is 13.2 Å². The number of rotatable bonds is 8. The van der Waals surface area contributed by atoms with Crippen LogP contribution in [0.1, 0.15) is 27.7 Å². The SMILES string of the molecule is CC(C)=NOCCOCCON=C(C)C. The lowest BCUT2D eigenvalue weighted by Crippen LogP contribution is -2.07. The van der Waals surface area contributed by atoms with Gasteiger partial charge in [-0.15, -0.1) is 0 Å². The second-order valence-electron chi connectivity index (χ2n) is 3.36. The summed E-state index contributed by atoms with van der Waals surface area (Å²) in [7, 11) is 0. The van der Waals surface area contributed by atoms with E-state index in [9.17, 15) is 0 Å². The third-order valence-electron chi connectivity index (χ3n) is 1.13. The minimum Gasteiger partial charge on any atom is -0.393 e. The molecule has 0 aromatic carbocycles. The predicted octanol–water partition coefficient (Wildman–Crippen LogP) is 1.83. The lowest BCUT2D eigenvalue weighted by Gasteiger charge is -2.02. The van der Waals surface area contributed by atoms with Gasteiger partial charge in [-0.2, -0.15) is 0 Å². The average molecular weight is 216 g/mol. The third-order valence-corrected chi connectivity index (χ3v) is 1.13. The van der Waals surface area contributed by atoms with Crippen LogP contribution in [0.15, 0.2) is 10.3 Å². The van der Waals surface area contributed by atoms with E-state index < -0.39 is 0 Å². The topological polar surface area (TPSA) is 52.4 Å². The summed E-state index contributed by atoms with van der Waals surface area (Å²) in [6.45, 7) is 9.44. The zero-order chi connectivity index (χ0) is 11.5. The van der Waals surface area contributed by atoms with Crippen LogP contribution in [-0.2, 0) is 14.4 Å². The largest absolute Gasteiger partial charge is 0.393 e. The molecule has 0 aromatic heterocycles. The van der Waals surface area contributed by atoms with E-state index in [0.29, 0.717) is 26.4 Å². The fraction of sp³-hybridized carbons (Fsp3) is 0.800. The van der Waals surface area contributed by atoms with E-state index in [-0.39, 0.29) is 0 Å². The number of hydrogen-bond donors (Lipinski definition) is 0. The Hall–Kier alpha value is -1.10. The normalized spacial score (nSPS) is 9.33. The van der Waals surface area contributed by atoms with Gasteiger partial charge in [-0.1, -0.05) is 10.3 Å². The Balaban J connectivity index is 3.12. The van der Waals surface area contributed by atoms with Gasteiger partial charge >= 0.3 is 0 Å². The Bertz CT molecular complexity index is 185. The summed E-state index contributed by atoms with van der Waals surface area (Å²) in [5, 5.41) is 7.53. The number of oxime groups is 2. The summed E-state index contributed by atoms with van der Waals surface area (Å²) in [5.74, 6) is 0. The van der Waals surface area contributed by atoms with E-state index in [1.807, 2.05) is 27.7 Å². The van der Waals surface area contributed by atoms with E-state index >= 15 is 0 Å². The van der Waals surface area contributed by atoms with Crippen molar-refractivity contribution in [2.45, 2.75) is 27.7 Å². The molecule has 88 valence electrons. The summed E-state index contributed by atoms with van der Waals surface area (Å²) < 4.78 is 5.21. The van der Waals surface area contributed by atoms with Gasteiger partial charge in [0.25, 0.3) is 0 Å². The number of nitrogens with zero attached hydrogens (tertiary/aromatic N) is 2. The molecular formula is C10H20N2O3. The second-order valence-corrected chi connectivity index (χ2v) is 3.36. The Morgan fingerprint density at radius 1 is 0.733 bits per heavy atom. The van der Waals surface area contributed by atoms with Crippen LogP contribution in [0, 0.1) is 0 Å². The quantitative estimate of drug-likeness (QED) is 0.353. The molecule has 0 spiro atoms. The highest BCUT2D eigenvalue weighted by Gasteiger charge is 1.89. The molecule has 0 aliphatic rings. The van der Waals surface area contributed by atoms with Crippen molar-refractivity contribution in [2.24, 2.45) is 10.3 Å². The Morgan fingerprint density at radius 3 is 1.47 bits per heavy atom. The lowest BCUT2D eigenvalue weighted by atomic mass is 10.5. The second kappa shape index (κ2) is 9.45. The molecule has 0 saturated heterocycles. The maximum Gasteiger partial charge on any atom is 0.140 e. The lowest BCUT2D eigenvalue weighted by molar-refractivity contribution is 0.0170. The van der Waals surface area contributed by atoms with Crippen molar-refractivity contribution in [2.75, 3.05) is 26.4 Å². The molecule has 5 heteroatoms. The van der Waals surface area contributed by atoms with E-state index in [1.54, 1.807) is 0 Å². The minimum atomic E-state index is 0.460. The third kappa shape index (κ3) is 12.9. The van der Waals surface area contributed by atoms with Crippen LogP contribution in [0.2, 0.25) is 0 Å². The molecule has 0 unspecified atom stereocenters. The van der Waals surface area contributed by atoms with E-state index in [1.165, 1.54) is 0 Å². The minimum absolute atomic E-state index is 0.460. The van der Waals surface area contributed by atoms with Crippen molar-refractivity contribution in [1.82, 2.24) is 0 Å². The van der Waals surface area contributed by atoms with E-state index in [0.717, 1.165) is 11.4 Å². The molecule has 0 N–H and O–H groups in total. The first-order valence-electron chi connectivity index (χ1n) is 4.97. The molecule has 0 aromatic rings. The van der Waals surface area contributed by atoms with Gasteiger partial charge in [0.2, 0.25) is 0 Å². The summed E-state index contributed by atoms with van der Waals surface area (Å²) in [6, 6.07) is 0. The molecule has 5 nitrogen and oxygen atoms in total. The van der Waals surface area contributed by atoms with Crippen LogP contribution in [0.5, 0.6) is 0 Å². The van der Waals surface area contributed by atoms with Gasteiger partial charge < -0.3 is 14.4 Å². The molecule has 15 heavy (non-hydrogen) atoms. The predicted molar refractivity (Wildman–Crippen MR) is 60.3 cm³/mol. The van der Waals surface area contributed by atoms with Crippen molar-refractivity contribution in [3.63, 3.8) is 0 Å². The van der Waals surface area contributed by atoms with Crippen LogP contribution < -0.4 is 0 Å². The molecular weight excluding hydrogens is 196 g/mol. The molecule has 0 radical (unpaired) electrons. The molecule has 0 atom stereocenters. The zero-order valence-corrected chi connectivity index (χ0v) is 9.95. The summed E-state index contributed by atoms with van der Waals surface area (Å²) in [6.07, 6.45) is 0. The first-order chi connectivity index (χ1) is 7.13. The Labute approximate surface area is 91.1 Å². The highest BCUT2D eigenvalue weighted by molar-refractivity contribution is 5.78. The van der Waals surface area contributed by atoms with Crippen LogP contribution in [0.3, 0.4) is 0 Å². The van der Waals surface area contributed by atoms with Crippen LogP contribution >= 0.6 is 0 Å². The zero-order valence-electron chi connectivity index (χ0n) is 9.95. The average Bonchev–Trinajstić information content (AvgIpc) is 2.14. The molecule has 0 bridgehead atoms. The maximum absolute atomic E-state index is 5.21. The summed E-state index contributed by atoms with van der Waals surface area (Å²) in [5.41, 5.74) is 1.79. The molecule has 0 heterocycles. The van der Waals surface area contributed by atoms with Crippen LogP contribution in [-0.4, -0.2) is 37.9 Å². The van der Waals surface area contributed by atoms with Gasteiger partial charge in [0.05, 0.1) is 24.6 Å². The highest BCUT2D eigenvalue weighted by Crippen LogP contribution is 1.84. The van der Waals surface area contributed by atoms with E-state index in [4.69, 9.17) is 14.4 Å². The van der Waals surface area contributed by atoms with Gasteiger partial charge in [-0.3, -0.25) is 0 Å². The molecule has 0 saturated carbocycles. The summed E-state index contributed by atoms with van der Waals surface area (Å²) >= 11 is 0. The van der Waals surface area contributed by atoms with E-state index in [2.05, 4.69) is 10.3 Å². The number of ether oxygens (including phenoxy) is 1. The first kappa shape index (κ1) is 13.9.